The van der Waals surface area contributed by atoms with Crippen molar-refractivity contribution in [1.29, 1.82) is 0 Å². The molecule has 1 atom stereocenters. The van der Waals surface area contributed by atoms with E-state index in [0.29, 0.717) is 33.8 Å². The Hall–Kier alpha value is -3.10. The van der Waals surface area contributed by atoms with Crippen molar-refractivity contribution in [3.8, 4) is 0 Å². The first-order valence-electron chi connectivity index (χ1n) is 10.4. The van der Waals surface area contributed by atoms with Crippen LogP contribution in [0.4, 0.5) is 5.69 Å². The number of allylic oxidation sites excluding steroid dienone is 1. The number of nitrogens with one attached hydrogen (secondary N) is 2. The smallest absolute Gasteiger partial charge is 0.252 e. The van der Waals surface area contributed by atoms with Gasteiger partial charge in [-0.25, -0.2) is 0 Å². The quantitative estimate of drug-likeness (QED) is 0.332. The van der Waals surface area contributed by atoms with Crippen LogP contribution in [0.5, 0.6) is 0 Å². The molecular weight excluding hydrogens is 458 g/mol. The Bertz CT molecular complexity index is 1180. The third-order valence-electron chi connectivity index (χ3n) is 4.97. The summed E-state index contributed by atoms with van der Waals surface area (Å²) in [5, 5.41) is 15.5. The number of aryl methyl sites for hydroxylation is 2. The van der Waals surface area contributed by atoms with Crippen LogP contribution in [0.2, 0.25) is 5.02 Å². The van der Waals surface area contributed by atoms with Crippen LogP contribution < -0.4 is 10.6 Å². The Morgan fingerprint density at radius 3 is 2.64 bits per heavy atom. The van der Waals surface area contributed by atoms with E-state index < -0.39 is 0 Å². The summed E-state index contributed by atoms with van der Waals surface area (Å²) in [5.74, 6) is 0.365. The van der Waals surface area contributed by atoms with Gasteiger partial charge in [0, 0.05) is 22.8 Å². The lowest BCUT2D eigenvalue weighted by atomic mass is 10.1. The fourth-order valence-electron chi connectivity index (χ4n) is 3.19. The Balaban J connectivity index is 1.67. The molecule has 172 valence electrons. The summed E-state index contributed by atoms with van der Waals surface area (Å²) in [6.45, 7) is 9.89. The van der Waals surface area contributed by atoms with Crippen LogP contribution in [0.1, 0.15) is 40.3 Å². The molecule has 2 amide bonds. The number of thioether (sulfide) groups is 1. The number of hydrogen-bond acceptors (Lipinski definition) is 5. The van der Waals surface area contributed by atoms with E-state index in [1.165, 1.54) is 11.8 Å². The van der Waals surface area contributed by atoms with E-state index in [9.17, 15) is 9.59 Å². The number of nitrogens with zero attached hydrogens (tertiary/aromatic N) is 3. The highest BCUT2D eigenvalue weighted by molar-refractivity contribution is 7.99. The number of hydrogen-bond donors (Lipinski definition) is 2. The van der Waals surface area contributed by atoms with E-state index in [2.05, 4.69) is 27.4 Å². The highest BCUT2D eigenvalue weighted by atomic mass is 35.5. The summed E-state index contributed by atoms with van der Waals surface area (Å²) in [6.07, 6.45) is 1.72. The number of aromatic nitrogens is 3. The number of carbonyl (C=O) groups excluding carboxylic acids is 2. The average Bonchev–Trinajstić information content (AvgIpc) is 3.18. The van der Waals surface area contributed by atoms with Gasteiger partial charge in [0.15, 0.2) is 11.0 Å². The molecule has 0 fully saturated rings. The fourth-order valence-corrected chi connectivity index (χ4v) is 4.13. The van der Waals surface area contributed by atoms with Crippen molar-refractivity contribution in [3.05, 3.63) is 82.7 Å². The van der Waals surface area contributed by atoms with Crippen molar-refractivity contribution in [1.82, 2.24) is 20.1 Å². The highest BCUT2D eigenvalue weighted by Crippen LogP contribution is 2.23. The molecule has 2 aromatic carbocycles. The maximum atomic E-state index is 12.7. The van der Waals surface area contributed by atoms with Gasteiger partial charge in [-0.1, -0.05) is 53.7 Å². The van der Waals surface area contributed by atoms with Crippen molar-refractivity contribution in [2.45, 2.75) is 38.5 Å². The van der Waals surface area contributed by atoms with Crippen LogP contribution in [-0.4, -0.2) is 32.3 Å². The van der Waals surface area contributed by atoms with Gasteiger partial charge in [0.1, 0.15) is 0 Å². The third-order valence-corrected chi connectivity index (χ3v) is 6.34. The van der Waals surface area contributed by atoms with E-state index in [0.717, 1.165) is 11.1 Å². The summed E-state index contributed by atoms with van der Waals surface area (Å²) < 4.78 is 1.84. The number of amides is 2. The first-order chi connectivity index (χ1) is 15.8. The molecule has 1 heterocycles. The first-order valence-corrected chi connectivity index (χ1v) is 11.8. The largest absolute Gasteiger partial charge is 0.342 e. The Kier molecular flexibility index (Phi) is 8.30. The number of anilines is 1. The van der Waals surface area contributed by atoms with Gasteiger partial charge in [0.2, 0.25) is 5.91 Å². The highest BCUT2D eigenvalue weighted by Gasteiger charge is 2.21. The Morgan fingerprint density at radius 1 is 1.18 bits per heavy atom. The molecule has 7 nitrogen and oxygen atoms in total. The van der Waals surface area contributed by atoms with Crippen LogP contribution in [0.3, 0.4) is 0 Å². The van der Waals surface area contributed by atoms with Crippen LogP contribution in [-0.2, 0) is 11.3 Å². The average molecular weight is 484 g/mol. The predicted molar refractivity (Wildman–Crippen MR) is 133 cm³/mol. The molecule has 0 saturated carbocycles. The summed E-state index contributed by atoms with van der Waals surface area (Å²) in [6, 6.07) is 12.4. The van der Waals surface area contributed by atoms with E-state index in [4.69, 9.17) is 11.6 Å². The molecule has 0 aliphatic carbocycles. The van der Waals surface area contributed by atoms with Crippen molar-refractivity contribution in [2.75, 3.05) is 11.1 Å². The van der Waals surface area contributed by atoms with Crippen LogP contribution in [0.15, 0.2) is 60.3 Å². The van der Waals surface area contributed by atoms with Crippen LogP contribution >= 0.6 is 23.4 Å². The molecule has 0 aliphatic heterocycles. The van der Waals surface area contributed by atoms with Gasteiger partial charge < -0.3 is 15.2 Å². The summed E-state index contributed by atoms with van der Waals surface area (Å²) in [5.41, 5.74) is 3.09. The van der Waals surface area contributed by atoms with E-state index in [1.54, 1.807) is 24.3 Å². The van der Waals surface area contributed by atoms with Crippen molar-refractivity contribution >= 4 is 40.9 Å². The molecule has 0 saturated heterocycles. The SMILES string of the molecule is C=CCn1c(SCC(=O)Nc2ccc(C)c(Cl)c2)nnc1C(C)NC(=O)c1ccccc1C. The third kappa shape index (κ3) is 6.24. The van der Waals surface area contributed by atoms with E-state index in [1.807, 2.05) is 49.6 Å². The Morgan fingerprint density at radius 2 is 1.94 bits per heavy atom. The van der Waals surface area contributed by atoms with Crippen LogP contribution in [0.25, 0.3) is 0 Å². The zero-order valence-corrected chi connectivity index (χ0v) is 20.3. The summed E-state index contributed by atoms with van der Waals surface area (Å²) in [4.78, 5) is 25.1. The van der Waals surface area contributed by atoms with Crippen molar-refractivity contribution in [2.24, 2.45) is 0 Å². The lowest BCUT2D eigenvalue weighted by Crippen LogP contribution is -2.29. The Labute approximate surface area is 202 Å². The second-order valence-electron chi connectivity index (χ2n) is 7.55. The monoisotopic (exact) mass is 483 g/mol. The molecule has 3 rings (SSSR count). The van der Waals surface area contributed by atoms with E-state index in [-0.39, 0.29) is 23.6 Å². The molecular formula is C24H26ClN5O2S. The van der Waals surface area contributed by atoms with Gasteiger partial charge in [-0.05, 0) is 50.1 Å². The minimum absolute atomic E-state index is 0.144. The molecule has 3 aromatic rings. The molecule has 0 aliphatic rings. The predicted octanol–water partition coefficient (Wildman–Crippen LogP) is 4.96. The maximum absolute atomic E-state index is 12.7. The second kappa shape index (κ2) is 11.2. The lowest BCUT2D eigenvalue weighted by Gasteiger charge is -2.16. The van der Waals surface area contributed by atoms with Gasteiger partial charge in [-0.2, -0.15) is 0 Å². The van der Waals surface area contributed by atoms with Crippen molar-refractivity contribution in [3.63, 3.8) is 0 Å². The zero-order chi connectivity index (χ0) is 24.0. The summed E-state index contributed by atoms with van der Waals surface area (Å²) >= 11 is 7.39. The fraction of sp³-hybridized carbons (Fsp3) is 0.250. The maximum Gasteiger partial charge on any atom is 0.252 e. The second-order valence-corrected chi connectivity index (χ2v) is 8.90. The normalized spacial score (nSPS) is 11.6. The zero-order valence-electron chi connectivity index (χ0n) is 18.8. The van der Waals surface area contributed by atoms with Gasteiger partial charge in [0.25, 0.3) is 5.91 Å². The number of halogens is 1. The van der Waals surface area contributed by atoms with Crippen LogP contribution in [0, 0.1) is 13.8 Å². The number of benzene rings is 2. The molecule has 1 unspecified atom stereocenters. The van der Waals surface area contributed by atoms with E-state index >= 15 is 0 Å². The first kappa shape index (κ1) is 24.5. The molecule has 0 radical (unpaired) electrons. The van der Waals surface area contributed by atoms with Gasteiger partial charge in [-0.3, -0.25) is 9.59 Å². The standard InChI is InChI=1S/C24H26ClN5O2S/c1-5-12-30-22(17(4)26-23(32)19-9-7-6-8-15(19)2)28-29-24(30)33-14-21(31)27-18-11-10-16(3)20(25)13-18/h5-11,13,17H,1,12,14H2,2-4H3,(H,26,32)(H,27,31). The molecule has 0 bridgehead atoms. The molecule has 2 N–H and O–H groups in total. The van der Waals surface area contributed by atoms with Gasteiger partial charge in [0.05, 0.1) is 11.8 Å². The van der Waals surface area contributed by atoms with Gasteiger partial charge in [-0.15, -0.1) is 16.8 Å². The molecule has 1 aromatic heterocycles. The minimum atomic E-state index is -0.387. The summed E-state index contributed by atoms with van der Waals surface area (Å²) in [7, 11) is 0. The number of carbonyl (C=O) groups is 2. The molecule has 9 heteroatoms. The van der Waals surface area contributed by atoms with Crippen molar-refractivity contribution < 1.29 is 9.59 Å². The topological polar surface area (TPSA) is 88.9 Å². The van der Waals surface area contributed by atoms with Gasteiger partial charge >= 0.3 is 0 Å². The molecule has 0 spiro atoms. The minimum Gasteiger partial charge on any atom is -0.342 e. The lowest BCUT2D eigenvalue weighted by molar-refractivity contribution is -0.113. The molecule has 33 heavy (non-hydrogen) atoms. The number of rotatable bonds is 9.